The van der Waals surface area contributed by atoms with Crippen molar-refractivity contribution in [1.29, 1.82) is 0 Å². The number of carbonyl (C=O) groups is 2. The number of ketones is 1. The van der Waals surface area contributed by atoms with Crippen LogP contribution in [-0.4, -0.2) is 21.5 Å². The summed E-state index contributed by atoms with van der Waals surface area (Å²) in [5.74, 6) is 0.0815. The highest BCUT2D eigenvalue weighted by Crippen LogP contribution is 2.40. The van der Waals surface area contributed by atoms with Crippen LogP contribution < -0.4 is 10.9 Å². The minimum atomic E-state index is -0.462. The monoisotopic (exact) mass is 397 g/mol. The van der Waals surface area contributed by atoms with Gasteiger partial charge in [0.15, 0.2) is 5.76 Å². The average Bonchev–Trinajstić information content (AvgIpc) is 3.31. The molecule has 1 aliphatic rings. The number of nitrogens with zero attached hydrogens (tertiary/aromatic N) is 2. The number of anilines is 1. The summed E-state index contributed by atoms with van der Waals surface area (Å²) in [5.41, 5.74) is 1.30. The molecule has 0 saturated carbocycles. The SMILES string of the molecule is C[C@H]1CCc2c(sc(NC(=O)c3ccc(=O)n(C)n3)c2C(=O)c2ccco2)C1. The predicted octanol–water partition coefficient (Wildman–Crippen LogP) is 3.04. The van der Waals surface area contributed by atoms with Gasteiger partial charge in [0.05, 0.1) is 11.8 Å². The van der Waals surface area contributed by atoms with Gasteiger partial charge in [0, 0.05) is 18.0 Å². The summed E-state index contributed by atoms with van der Waals surface area (Å²) < 4.78 is 6.40. The van der Waals surface area contributed by atoms with Gasteiger partial charge in [-0.15, -0.1) is 11.3 Å². The molecule has 3 aromatic heterocycles. The molecule has 7 nitrogen and oxygen atoms in total. The van der Waals surface area contributed by atoms with E-state index in [9.17, 15) is 14.4 Å². The molecule has 1 aliphatic carbocycles. The van der Waals surface area contributed by atoms with Gasteiger partial charge in [0.2, 0.25) is 5.78 Å². The van der Waals surface area contributed by atoms with Gasteiger partial charge in [-0.25, -0.2) is 4.68 Å². The summed E-state index contributed by atoms with van der Waals surface area (Å²) in [6.45, 7) is 2.18. The van der Waals surface area contributed by atoms with E-state index in [1.807, 2.05) is 0 Å². The third-order valence-corrected chi connectivity index (χ3v) is 6.07. The van der Waals surface area contributed by atoms with Gasteiger partial charge in [0.1, 0.15) is 10.7 Å². The van der Waals surface area contributed by atoms with Gasteiger partial charge >= 0.3 is 0 Å². The lowest BCUT2D eigenvalue weighted by Crippen LogP contribution is -2.24. The Morgan fingerprint density at radius 2 is 2.14 bits per heavy atom. The molecule has 1 N–H and O–H groups in total. The Morgan fingerprint density at radius 1 is 1.32 bits per heavy atom. The van der Waals surface area contributed by atoms with Crippen LogP contribution in [0.1, 0.15) is 50.4 Å². The molecule has 1 amide bonds. The van der Waals surface area contributed by atoms with Gasteiger partial charge < -0.3 is 9.73 Å². The molecule has 28 heavy (non-hydrogen) atoms. The number of aromatic nitrogens is 2. The Hall–Kier alpha value is -3.00. The zero-order chi connectivity index (χ0) is 19.8. The molecule has 0 aromatic carbocycles. The lowest BCUT2D eigenvalue weighted by Gasteiger charge is -2.18. The van der Waals surface area contributed by atoms with Crippen LogP contribution in [0.3, 0.4) is 0 Å². The Morgan fingerprint density at radius 3 is 2.86 bits per heavy atom. The molecule has 0 aliphatic heterocycles. The summed E-state index contributed by atoms with van der Waals surface area (Å²) in [5, 5.41) is 7.31. The molecular formula is C20H19N3O4S. The Balaban J connectivity index is 1.73. The van der Waals surface area contributed by atoms with Crippen LogP contribution in [0.5, 0.6) is 0 Å². The first-order valence-corrected chi connectivity index (χ1v) is 9.84. The van der Waals surface area contributed by atoms with E-state index in [2.05, 4.69) is 17.3 Å². The lowest BCUT2D eigenvalue weighted by atomic mass is 9.87. The number of fused-ring (bicyclic) bond motifs is 1. The summed E-state index contributed by atoms with van der Waals surface area (Å²) in [4.78, 5) is 38.4. The van der Waals surface area contributed by atoms with E-state index in [1.165, 1.54) is 36.8 Å². The molecule has 0 radical (unpaired) electrons. The molecule has 1 atom stereocenters. The van der Waals surface area contributed by atoms with Crippen molar-refractivity contribution in [3.63, 3.8) is 0 Å². The molecule has 0 bridgehead atoms. The average molecular weight is 397 g/mol. The highest BCUT2D eigenvalue weighted by molar-refractivity contribution is 7.17. The molecule has 0 fully saturated rings. The Kier molecular flexibility index (Phi) is 4.72. The third-order valence-electron chi connectivity index (χ3n) is 4.90. The molecule has 0 unspecified atom stereocenters. The fourth-order valence-electron chi connectivity index (χ4n) is 3.40. The zero-order valence-electron chi connectivity index (χ0n) is 15.5. The van der Waals surface area contributed by atoms with Gasteiger partial charge in [0.25, 0.3) is 11.5 Å². The molecule has 3 aromatic rings. The first kappa shape index (κ1) is 18.4. The summed E-state index contributed by atoms with van der Waals surface area (Å²) in [6.07, 6.45) is 4.13. The van der Waals surface area contributed by atoms with Crippen molar-refractivity contribution >= 4 is 28.0 Å². The maximum Gasteiger partial charge on any atom is 0.276 e. The second-order valence-electron chi connectivity index (χ2n) is 7.00. The van der Waals surface area contributed by atoms with E-state index in [0.717, 1.165) is 34.4 Å². The fraction of sp³-hybridized carbons (Fsp3) is 0.300. The van der Waals surface area contributed by atoms with Crippen molar-refractivity contribution in [2.45, 2.75) is 26.2 Å². The second kappa shape index (κ2) is 7.20. The van der Waals surface area contributed by atoms with Crippen LogP contribution in [0, 0.1) is 5.92 Å². The normalized spacial score (nSPS) is 15.9. The fourth-order valence-corrected chi connectivity index (χ4v) is 4.80. The van der Waals surface area contributed by atoms with Crippen molar-refractivity contribution in [1.82, 2.24) is 9.78 Å². The first-order valence-electron chi connectivity index (χ1n) is 9.02. The molecule has 144 valence electrons. The number of thiophene rings is 1. The van der Waals surface area contributed by atoms with Crippen LogP contribution in [0.4, 0.5) is 5.00 Å². The number of hydrogen-bond acceptors (Lipinski definition) is 6. The maximum atomic E-state index is 13.1. The van der Waals surface area contributed by atoms with Crippen molar-refractivity contribution in [3.05, 3.63) is 68.3 Å². The van der Waals surface area contributed by atoms with Crippen LogP contribution in [0.25, 0.3) is 0 Å². The van der Waals surface area contributed by atoms with Crippen LogP contribution in [0.2, 0.25) is 0 Å². The van der Waals surface area contributed by atoms with Crippen LogP contribution in [-0.2, 0) is 19.9 Å². The van der Waals surface area contributed by atoms with Crippen molar-refractivity contribution in [2.24, 2.45) is 13.0 Å². The Labute approximate surface area is 165 Å². The number of nitrogens with one attached hydrogen (secondary N) is 1. The number of amides is 1. The summed E-state index contributed by atoms with van der Waals surface area (Å²) in [6, 6.07) is 5.96. The standard InChI is InChI=1S/C20H19N3O4S/c1-11-5-6-12-15(10-11)28-20(17(12)18(25)14-4-3-9-27-14)21-19(26)13-7-8-16(24)23(2)22-13/h3-4,7-9,11H,5-6,10H2,1-2H3,(H,21,26)/t11-/m0/s1. The van der Waals surface area contributed by atoms with Gasteiger partial charge in [-0.3, -0.25) is 14.4 Å². The summed E-state index contributed by atoms with van der Waals surface area (Å²) >= 11 is 1.43. The van der Waals surface area contributed by atoms with E-state index in [1.54, 1.807) is 12.1 Å². The minimum absolute atomic E-state index is 0.109. The molecular weight excluding hydrogens is 378 g/mol. The van der Waals surface area contributed by atoms with E-state index in [-0.39, 0.29) is 22.8 Å². The quantitative estimate of drug-likeness (QED) is 0.683. The maximum absolute atomic E-state index is 13.1. The largest absolute Gasteiger partial charge is 0.461 e. The van der Waals surface area contributed by atoms with Crippen LogP contribution in [0.15, 0.2) is 39.7 Å². The van der Waals surface area contributed by atoms with E-state index in [4.69, 9.17) is 4.42 Å². The molecule has 0 saturated heterocycles. The highest BCUT2D eigenvalue weighted by Gasteiger charge is 2.30. The number of furan rings is 1. The number of carbonyl (C=O) groups excluding carboxylic acids is 2. The smallest absolute Gasteiger partial charge is 0.276 e. The molecule has 4 rings (SSSR count). The van der Waals surface area contributed by atoms with Crippen LogP contribution >= 0.6 is 11.3 Å². The van der Waals surface area contributed by atoms with E-state index in [0.29, 0.717) is 16.5 Å². The van der Waals surface area contributed by atoms with Gasteiger partial charge in [-0.2, -0.15) is 5.10 Å². The van der Waals surface area contributed by atoms with E-state index >= 15 is 0 Å². The topological polar surface area (TPSA) is 94.2 Å². The van der Waals surface area contributed by atoms with Crippen molar-refractivity contribution in [2.75, 3.05) is 5.32 Å². The zero-order valence-corrected chi connectivity index (χ0v) is 16.3. The van der Waals surface area contributed by atoms with Crippen molar-refractivity contribution in [3.8, 4) is 0 Å². The highest BCUT2D eigenvalue weighted by atomic mass is 32.1. The number of rotatable bonds is 4. The first-order chi connectivity index (χ1) is 13.4. The molecule has 3 heterocycles. The molecule has 0 spiro atoms. The van der Waals surface area contributed by atoms with Crippen molar-refractivity contribution < 1.29 is 14.0 Å². The van der Waals surface area contributed by atoms with Gasteiger partial charge in [-0.1, -0.05) is 6.92 Å². The summed E-state index contributed by atoms with van der Waals surface area (Å²) in [7, 11) is 1.48. The third kappa shape index (κ3) is 3.31. The Bertz CT molecular complexity index is 1110. The second-order valence-corrected chi connectivity index (χ2v) is 8.10. The molecule has 8 heteroatoms. The number of aryl methyl sites for hydroxylation is 1. The lowest BCUT2D eigenvalue weighted by molar-refractivity contribution is 0.101. The van der Waals surface area contributed by atoms with Gasteiger partial charge in [-0.05, 0) is 48.9 Å². The number of hydrogen-bond donors (Lipinski definition) is 1. The minimum Gasteiger partial charge on any atom is -0.461 e. The van der Waals surface area contributed by atoms with E-state index < -0.39 is 5.91 Å². The predicted molar refractivity (Wildman–Crippen MR) is 105 cm³/mol.